The van der Waals surface area contributed by atoms with Crippen LogP contribution in [0.25, 0.3) is 0 Å². The fourth-order valence-corrected chi connectivity index (χ4v) is 5.46. The fraction of sp³-hybridized carbons (Fsp3) is 0.310. The van der Waals surface area contributed by atoms with Gasteiger partial charge in [0.2, 0.25) is 21.8 Å². The van der Waals surface area contributed by atoms with E-state index in [9.17, 15) is 18.0 Å². The summed E-state index contributed by atoms with van der Waals surface area (Å²) in [6.45, 7) is 3.10. The van der Waals surface area contributed by atoms with Crippen LogP contribution in [0.4, 0.5) is 5.69 Å². The van der Waals surface area contributed by atoms with Crippen LogP contribution in [0.15, 0.2) is 72.8 Å². The van der Waals surface area contributed by atoms with Gasteiger partial charge >= 0.3 is 0 Å². The van der Waals surface area contributed by atoms with E-state index in [1.807, 2.05) is 50.2 Å². The number of ether oxygens (including phenoxy) is 1. The Kier molecular flexibility index (Phi) is 10.8. The highest BCUT2D eigenvalue weighted by molar-refractivity contribution is 7.92. The first-order valence-electron chi connectivity index (χ1n) is 12.6. The van der Waals surface area contributed by atoms with E-state index < -0.39 is 28.5 Å². The van der Waals surface area contributed by atoms with Gasteiger partial charge in [-0.3, -0.25) is 13.9 Å². The second-order valence-corrected chi connectivity index (χ2v) is 12.4. The minimum Gasteiger partial charge on any atom is -0.497 e. The first-order chi connectivity index (χ1) is 18.9. The summed E-state index contributed by atoms with van der Waals surface area (Å²) < 4.78 is 32.0. The fourth-order valence-electron chi connectivity index (χ4n) is 4.17. The standard InChI is InChI=1S/C29H33Cl2N3O5S/c1-20(2)32-29(36)27(16-21-9-6-5-7-10-21)33(18-22-11-8-12-24(15-22)39-3)28(35)19-34(40(4,37)38)26-17-23(30)13-14-25(26)31/h5-15,17,20,27H,16,18-19H2,1-4H3,(H,32,36). The number of amides is 2. The Balaban J connectivity index is 2.09. The van der Waals surface area contributed by atoms with Crippen molar-refractivity contribution in [2.75, 3.05) is 24.2 Å². The van der Waals surface area contributed by atoms with E-state index in [1.165, 1.54) is 30.2 Å². The van der Waals surface area contributed by atoms with Crippen molar-refractivity contribution >= 4 is 50.7 Å². The van der Waals surface area contributed by atoms with Gasteiger partial charge in [-0.15, -0.1) is 0 Å². The van der Waals surface area contributed by atoms with Crippen LogP contribution in [0.5, 0.6) is 5.75 Å². The molecule has 1 unspecified atom stereocenters. The van der Waals surface area contributed by atoms with Gasteiger partial charge in [-0.1, -0.05) is 65.7 Å². The molecule has 3 rings (SSSR count). The van der Waals surface area contributed by atoms with Gasteiger partial charge in [0.1, 0.15) is 18.3 Å². The van der Waals surface area contributed by atoms with Crippen LogP contribution in [0.3, 0.4) is 0 Å². The molecule has 0 aliphatic rings. The second-order valence-electron chi connectivity index (χ2n) is 9.61. The quantitative estimate of drug-likeness (QED) is 0.316. The maximum atomic E-state index is 14.1. The van der Waals surface area contributed by atoms with Gasteiger partial charge in [0.05, 0.1) is 24.1 Å². The molecular weight excluding hydrogens is 573 g/mol. The first kappa shape index (κ1) is 31.3. The molecule has 8 nitrogen and oxygen atoms in total. The number of anilines is 1. The summed E-state index contributed by atoms with van der Waals surface area (Å²) >= 11 is 12.5. The van der Waals surface area contributed by atoms with Crippen LogP contribution < -0.4 is 14.4 Å². The van der Waals surface area contributed by atoms with E-state index in [-0.39, 0.29) is 40.6 Å². The van der Waals surface area contributed by atoms with Crippen molar-refractivity contribution in [1.29, 1.82) is 0 Å². The number of methoxy groups -OCH3 is 1. The number of carbonyl (C=O) groups is 2. The highest BCUT2D eigenvalue weighted by Crippen LogP contribution is 2.31. The van der Waals surface area contributed by atoms with Crippen molar-refractivity contribution in [3.63, 3.8) is 0 Å². The summed E-state index contributed by atoms with van der Waals surface area (Å²) in [5.41, 5.74) is 1.61. The van der Waals surface area contributed by atoms with Crippen molar-refractivity contribution in [1.82, 2.24) is 10.2 Å². The highest BCUT2D eigenvalue weighted by atomic mass is 35.5. The third-order valence-corrected chi connectivity index (χ3v) is 7.73. The molecule has 0 aromatic heterocycles. The number of hydrogen-bond donors (Lipinski definition) is 1. The molecule has 0 aliphatic heterocycles. The molecule has 0 fully saturated rings. The third-order valence-electron chi connectivity index (χ3n) is 6.05. The molecule has 2 amide bonds. The smallest absolute Gasteiger partial charge is 0.244 e. The van der Waals surface area contributed by atoms with Crippen LogP contribution in [-0.2, 0) is 32.6 Å². The molecule has 11 heteroatoms. The molecule has 1 atom stereocenters. The van der Waals surface area contributed by atoms with Gasteiger partial charge in [0, 0.05) is 24.0 Å². The first-order valence-corrected chi connectivity index (χ1v) is 15.2. The predicted octanol–water partition coefficient (Wildman–Crippen LogP) is 4.93. The zero-order valence-corrected chi connectivity index (χ0v) is 25.1. The van der Waals surface area contributed by atoms with Crippen LogP contribution in [0.1, 0.15) is 25.0 Å². The van der Waals surface area contributed by atoms with Crippen LogP contribution in [0, 0.1) is 0 Å². The van der Waals surface area contributed by atoms with E-state index in [0.29, 0.717) is 11.3 Å². The monoisotopic (exact) mass is 605 g/mol. The Hall–Kier alpha value is -3.27. The van der Waals surface area contributed by atoms with Crippen molar-refractivity contribution in [2.45, 2.75) is 38.9 Å². The molecule has 0 spiro atoms. The average Bonchev–Trinajstić information content (AvgIpc) is 2.90. The molecule has 0 saturated carbocycles. The molecule has 0 heterocycles. The Morgan fingerprint density at radius 1 is 0.950 bits per heavy atom. The average molecular weight is 607 g/mol. The van der Waals surface area contributed by atoms with Crippen molar-refractivity contribution in [3.8, 4) is 5.75 Å². The second kappa shape index (κ2) is 13.9. The molecule has 0 aliphatic carbocycles. The van der Waals surface area contributed by atoms with E-state index >= 15 is 0 Å². The molecule has 0 bridgehead atoms. The maximum absolute atomic E-state index is 14.1. The Morgan fingerprint density at radius 2 is 1.62 bits per heavy atom. The Bertz CT molecular complexity index is 1430. The van der Waals surface area contributed by atoms with Gasteiger partial charge < -0.3 is 15.0 Å². The molecule has 214 valence electrons. The summed E-state index contributed by atoms with van der Waals surface area (Å²) in [6.07, 6.45) is 1.20. The summed E-state index contributed by atoms with van der Waals surface area (Å²) in [6, 6.07) is 19.7. The maximum Gasteiger partial charge on any atom is 0.244 e. The molecule has 3 aromatic carbocycles. The largest absolute Gasteiger partial charge is 0.497 e. The number of rotatable bonds is 12. The topological polar surface area (TPSA) is 96.0 Å². The number of nitrogens with one attached hydrogen (secondary N) is 1. The lowest BCUT2D eigenvalue weighted by atomic mass is 10.0. The van der Waals surface area contributed by atoms with E-state index in [1.54, 1.807) is 18.2 Å². The minimum absolute atomic E-state index is 0.0277. The number of hydrogen-bond acceptors (Lipinski definition) is 5. The minimum atomic E-state index is -3.97. The van der Waals surface area contributed by atoms with Gasteiger partial charge in [-0.25, -0.2) is 8.42 Å². The van der Waals surface area contributed by atoms with Crippen molar-refractivity contribution < 1.29 is 22.7 Å². The molecule has 40 heavy (non-hydrogen) atoms. The molecule has 1 N–H and O–H groups in total. The van der Waals surface area contributed by atoms with E-state index in [2.05, 4.69) is 5.32 Å². The Morgan fingerprint density at radius 3 is 2.25 bits per heavy atom. The zero-order valence-electron chi connectivity index (χ0n) is 22.8. The van der Waals surface area contributed by atoms with Gasteiger partial charge in [-0.05, 0) is 55.3 Å². The third kappa shape index (κ3) is 8.61. The normalized spacial score (nSPS) is 12.1. The Labute approximate surface area is 245 Å². The number of sulfonamides is 1. The lowest BCUT2D eigenvalue weighted by molar-refractivity contribution is -0.140. The SMILES string of the molecule is COc1cccc(CN(C(=O)CN(c2cc(Cl)ccc2Cl)S(C)(=O)=O)C(Cc2ccccc2)C(=O)NC(C)C)c1. The van der Waals surface area contributed by atoms with Crippen LogP contribution in [0.2, 0.25) is 10.0 Å². The van der Waals surface area contributed by atoms with Gasteiger partial charge in [-0.2, -0.15) is 0 Å². The lowest BCUT2D eigenvalue weighted by Gasteiger charge is -2.34. The van der Waals surface area contributed by atoms with Crippen LogP contribution in [-0.4, -0.2) is 57.1 Å². The van der Waals surface area contributed by atoms with Gasteiger partial charge in [0.15, 0.2) is 0 Å². The lowest BCUT2D eigenvalue weighted by Crippen LogP contribution is -2.54. The summed E-state index contributed by atoms with van der Waals surface area (Å²) in [7, 11) is -2.43. The number of carbonyl (C=O) groups excluding carboxylic acids is 2. The van der Waals surface area contributed by atoms with Crippen molar-refractivity contribution in [2.24, 2.45) is 0 Å². The van der Waals surface area contributed by atoms with E-state index in [0.717, 1.165) is 16.1 Å². The summed E-state index contributed by atoms with van der Waals surface area (Å²) in [5, 5.41) is 3.28. The number of halogens is 2. The predicted molar refractivity (Wildman–Crippen MR) is 159 cm³/mol. The zero-order chi connectivity index (χ0) is 29.4. The molecule has 3 aromatic rings. The number of benzene rings is 3. The van der Waals surface area contributed by atoms with Crippen molar-refractivity contribution in [3.05, 3.63) is 94.0 Å². The molecule has 0 radical (unpaired) electrons. The van der Waals surface area contributed by atoms with E-state index in [4.69, 9.17) is 27.9 Å². The molecule has 0 saturated heterocycles. The number of nitrogens with zero attached hydrogens (tertiary/aromatic N) is 2. The molecular formula is C29H33Cl2N3O5S. The van der Waals surface area contributed by atoms with Gasteiger partial charge in [0.25, 0.3) is 0 Å². The highest BCUT2D eigenvalue weighted by Gasteiger charge is 2.33. The summed E-state index contributed by atoms with van der Waals surface area (Å²) in [4.78, 5) is 29.1. The summed E-state index contributed by atoms with van der Waals surface area (Å²) in [5.74, 6) is -0.370. The van der Waals surface area contributed by atoms with Crippen LogP contribution >= 0.6 is 23.2 Å².